The molecule has 2 atom stereocenters. The lowest BCUT2D eigenvalue weighted by Crippen LogP contribution is -2.36. The van der Waals surface area contributed by atoms with Crippen LogP contribution in [0.2, 0.25) is 0 Å². The lowest BCUT2D eigenvalue weighted by molar-refractivity contribution is 0.298. The van der Waals surface area contributed by atoms with Gasteiger partial charge in [-0.15, -0.1) is 0 Å². The van der Waals surface area contributed by atoms with Crippen LogP contribution in [0, 0.1) is 11.3 Å². The van der Waals surface area contributed by atoms with Gasteiger partial charge in [-0.1, -0.05) is 47.0 Å². The van der Waals surface area contributed by atoms with Crippen LogP contribution in [0.4, 0.5) is 0 Å². The molecule has 1 N–H and O–H groups in total. The third kappa shape index (κ3) is 4.86. The van der Waals surface area contributed by atoms with Gasteiger partial charge in [-0.05, 0) is 37.0 Å². The van der Waals surface area contributed by atoms with Crippen LogP contribution in [-0.4, -0.2) is 12.6 Å². The highest BCUT2D eigenvalue weighted by atomic mass is 14.9. The van der Waals surface area contributed by atoms with E-state index in [0.717, 1.165) is 12.0 Å². The zero-order valence-corrected chi connectivity index (χ0v) is 11.8. The van der Waals surface area contributed by atoms with Crippen molar-refractivity contribution in [3.05, 3.63) is 0 Å². The SMILES string of the molecule is CCC1CCCC(NCC(C)(C)CC)CC1. The smallest absolute Gasteiger partial charge is 0.00673 e. The second kappa shape index (κ2) is 6.64. The molecule has 0 aliphatic heterocycles. The first kappa shape index (κ1) is 14.0. The molecule has 16 heavy (non-hydrogen) atoms. The molecule has 0 aromatic heterocycles. The van der Waals surface area contributed by atoms with Crippen LogP contribution >= 0.6 is 0 Å². The topological polar surface area (TPSA) is 12.0 Å². The van der Waals surface area contributed by atoms with E-state index in [1.165, 1.54) is 51.5 Å². The molecule has 1 fully saturated rings. The van der Waals surface area contributed by atoms with Crippen molar-refractivity contribution >= 4 is 0 Å². The van der Waals surface area contributed by atoms with E-state index in [9.17, 15) is 0 Å². The summed E-state index contributed by atoms with van der Waals surface area (Å²) >= 11 is 0. The van der Waals surface area contributed by atoms with Crippen molar-refractivity contribution in [2.45, 2.75) is 78.7 Å². The summed E-state index contributed by atoms with van der Waals surface area (Å²) in [5.74, 6) is 1.01. The van der Waals surface area contributed by atoms with Crippen molar-refractivity contribution in [1.82, 2.24) is 5.32 Å². The van der Waals surface area contributed by atoms with E-state index in [2.05, 4.69) is 33.0 Å². The first-order chi connectivity index (χ1) is 7.57. The maximum atomic E-state index is 3.80. The summed E-state index contributed by atoms with van der Waals surface area (Å²) in [6.07, 6.45) is 9.79. The third-order valence-corrected chi connectivity index (χ3v) is 4.49. The maximum absolute atomic E-state index is 3.80. The number of nitrogens with one attached hydrogen (secondary N) is 1. The predicted octanol–water partition coefficient (Wildman–Crippen LogP) is 4.37. The Labute approximate surface area is 102 Å². The predicted molar refractivity (Wildman–Crippen MR) is 72.7 cm³/mol. The highest BCUT2D eigenvalue weighted by molar-refractivity contribution is 4.78. The van der Waals surface area contributed by atoms with Gasteiger partial charge >= 0.3 is 0 Å². The second-order valence-corrected chi connectivity index (χ2v) is 6.38. The van der Waals surface area contributed by atoms with Gasteiger partial charge in [0.15, 0.2) is 0 Å². The van der Waals surface area contributed by atoms with Gasteiger partial charge in [0.2, 0.25) is 0 Å². The largest absolute Gasteiger partial charge is 0.313 e. The quantitative estimate of drug-likeness (QED) is 0.685. The van der Waals surface area contributed by atoms with E-state index in [-0.39, 0.29) is 0 Å². The molecule has 1 aliphatic carbocycles. The summed E-state index contributed by atoms with van der Waals surface area (Å²) in [4.78, 5) is 0. The van der Waals surface area contributed by atoms with Crippen LogP contribution in [0.5, 0.6) is 0 Å². The number of rotatable bonds is 5. The van der Waals surface area contributed by atoms with Crippen molar-refractivity contribution in [3.63, 3.8) is 0 Å². The van der Waals surface area contributed by atoms with Crippen LogP contribution in [-0.2, 0) is 0 Å². The first-order valence-electron chi connectivity index (χ1n) is 7.30. The summed E-state index contributed by atoms with van der Waals surface area (Å²) < 4.78 is 0. The molecular formula is C15H31N. The van der Waals surface area contributed by atoms with Gasteiger partial charge in [0.25, 0.3) is 0 Å². The minimum absolute atomic E-state index is 0.469. The lowest BCUT2D eigenvalue weighted by Gasteiger charge is -2.26. The van der Waals surface area contributed by atoms with Crippen molar-refractivity contribution < 1.29 is 0 Å². The zero-order valence-electron chi connectivity index (χ0n) is 11.8. The molecule has 96 valence electrons. The van der Waals surface area contributed by atoms with Crippen LogP contribution in [0.3, 0.4) is 0 Å². The van der Waals surface area contributed by atoms with Gasteiger partial charge in [0.05, 0.1) is 0 Å². The van der Waals surface area contributed by atoms with Gasteiger partial charge in [0.1, 0.15) is 0 Å². The van der Waals surface area contributed by atoms with Gasteiger partial charge in [0, 0.05) is 12.6 Å². The maximum Gasteiger partial charge on any atom is 0.00673 e. The fourth-order valence-electron chi connectivity index (χ4n) is 2.54. The summed E-state index contributed by atoms with van der Waals surface area (Å²) in [5.41, 5.74) is 0.469. The molecule has 0 heterocycles. The normalized spacial score (nSPS) is 27.8. The van der Waals surface area contributed by atoms with Crippen LogP contribution in [0.25, 0.3) is 0 Å². The van der Waals surface area contributed by atoms with Crippen LogP contribution in [0.1, 0.15) is 72.6 Å². The van der Waals surface area contributed by atoms with Gasteiger partial charge in [-0.25, -0.2) is 0 Å². The molecule has 0 aromatic rings. The average Bonchev–Trinajstić information content (AvgIpc) is 2.51. The molecule has 0 amide bonds. The molecule has 1 aliphatic rings. The molecule has 1 saturated carbocycles. The Balaban J connectivity index is 2.27. The molecule has 0 bridgehead atoms. The standard InChI is InChI=1S/C15H31N/c1-5-13-8-7-9-14(11-10-13)16-12-15(3,4)6-2/h13-14,16H,5-12H2,1-4H3. The Hall–Kier alpha value is -0.0400. The minimum Gasteiger partial charge on any atom is -0.313 e. The Morgan fingerprint density at radius 2 is 1.81 bits per heavy atom. The molecule has 0 aromatic carbocycles. The lowest BCUT2D eigenvalue weighted by atomic mass is 9.89. The fourth-order valence-corrected chi connectivity index (χ4v) is 2.54. The molecular weight excluding hydrogens is 194 g/mol. The van der Waals surface area contributed by atoms with Crippen LogP contribution < -0.4 is 5.32 Å². The molecule has 0 spiro atoms. The van der Waals surface area contributed by atoms with Gasteiger partial charge in [-0.2, -0.15) is 0 Å². The molecule has 1 heteroatoms. The third-order valence-electron chi connectivity index (χ3n) is 4.49. The highest BCUT2D eigenvalue weighted by Gasteiger charge is 2.20. The summed E-state index contributed by atoms with van der Waals surface area (Å²) in [6.45, 7) is 10.6. The van der Waals surface area contributed by atoms with E-state index < -0.39 is 0 Å². The van der Waals surface area contributed by atoms with Crippen molar-refractivity contribution in [2.75, 3.05) is 6.54 Å². The van der Waals surface area contributed by atoms with E-state index in [0.29, 0.717) is 5.41 Å². The van der Waals surface area contributed by atoms with E-state index in [1.807, 2.05) is 0 Å². The van der Waals surface area contributed by atoms with Crippen molar-refractivity contribution in [3.8, 4) is 0 Å². The Bertz CT molecular complexity index is 186. The molecule has 0 radical (unpaired) electrons. The van der Waals surface area contributed by atoms with Crippen LogP contribution in [0.15, 0.2) is 0 Å². The monoisotopic (exact) mass is 225 g/mol. The summed E-state index contributed by atoms with van der Waals surface area (Å²) in [7, 11) is 0. The molecule has 0 saturated heterocycles. The second-order valence-electron chi connectivity index (χ2n) is 6.38. The highest BCUT2D eigenvalue weighted by Crippen LogP contribution is 2.26. The zero-order chi connectivity index (χ0) is 12.0. The Morgan fingerprint density at radius 1 is 1.06 bits per heavy atom. The molecule has 2 unspecified atom stereocenters. The van der Waals surface area contributed by atoms with Gasteiger partial charge < -0.3 is 5.32 Å². The number of hydrogen-bond acceptors (Lipinski definition) is 1. The van der Waals surface area contributed by atoms with Crippen molar-refractivity contribution in [1.29, 1.82) is 0 Å². The first-order valence-corrected chi connectivity index (χ1v) is 7.30. The van der Waals surface area contributed by atoms with E-state index in [4.69, 9.17) is 0 Å². The summed E-state index contributed by atoms with van der Waals surface area (Å²) in [5, 5.41) is 3.80. The molecule has 1 nitrogen and oxygen atoms in total. The van der Waals surface area contributed by atoms with E-state index >= 15 is 0 Å². The Morgan fingerprint density at radius 3 is 2.44 bits per heavy atom. The Kier molecular flexibility index (Phi) is 5.82. The van der Waals surface area contributed by atoms with Gasteiger partial charge in [-0.3, -0.25) is 0 Å². The fraction of sp³-hybridized carbons (Fsp3) is 1.00. The minimum atomic E-state index is 0.469. The summed E-state index contributed by atoms with van der Waals surface area (Å²) in [6, 6.07) is 0.794. The molecule has 1 rings (SSSR count). The van der Waals surface area contributed by atoms with Crippen molar-refractivity contribution in [2.24, 2.45) is 11.3 Å². The van der Waals surface area contributed by atoms with E-state index in [1.54, 1.807) is 0 Å². The average molecular weight is 225 g/mol. The number of hydrogen-bond donors (Lipinski definition) is 1.